The fourth-order valence-electron chi connectivity index (χ4n) is 2.50. The predicted octanol–water partition coefficient (Wildman–Crippen LogP) is 4.36. The molecule has 0 bridgehead atoms. The van der Waals surface area contributed by atoms with Crippen molar-refractivity contribution in [1.82, 2.24) is 10.3 Å². The summed E-state index contributed by atoms with van der Waals surface area (Å²) in [4.78, 5) is 4.21. The SMILES string of the molecule is CC(CNC(C)(C)C)C(C)c1cccc2cnccc12. The monoisotopic (exact) mass is 270 g/mol. The van der Waals surface area contributed by atoms with Gasteiger partial charge in [-0.15, -0.1) is 0 Å². The van der Waals surface area contributed by atoms with Crippen LogP contribution in [0.1, 0.15) is 46.1 Å². The molecule has 0 spiro atoms. The summed E-state index contributed by atoms with van der Waals surface area (Å²) in [5, 5.41) is 6.17. The van der Waals surface area contributed by atoms with Gasteiger partial charge in [-0.05, 0) is 56.2 Å². The van der Waals surface area contributed by atoms with E-state index in [1.165, 1.54) is 16.3 Å². The van der Waals surface area contributed by atoms with Crippen molar-refractivity contribution in [3.05, 3.63) is 42.2 Å². The lowest BCUT2D eigenvalue weighted by molar-refractivity contribution is 0.360. The van der Waals surface area contributed by atoms with Gasteiger partial charge >= 0.3 is 0 Å². The summed E-state index contributed by atoms with van der Waals surface area (Å²) in [5.74, 6) is 1.11. The van der Waals surface area contributed by atoms with Crippen molar-refractivity contribution in [2.24, 2.45) is 5.92 Å². The Morgan fingerprint density at radius 2 is 1.90 bits per heavy atom. The zero-order valence-corrected chi connectivity index (χ0v) is 13.3. The third kappa shape index (κ3) is 3.57. The number of rotatable bonds is 4. The first kappa shape index (κ1) is 15.0. The summed E-state index contributed by atoms with van der Waals surface area (Å²) in [6.07, 6.45) is 3.83. The summed E-state index contributed by atoms with van der Waals surface area (Å²) in [6, 6.07) is 8.65. The Morgan fingerprint density at radius 1 is 1.15 bits per heavy atom. The molecule has 2 aromatic rings. The number of fused-ring (bicyclic) bond motifs is 1. The maximum atomic E-state index is 4.21. The fraction of sp³-hybridized carbons (Fsp3) is 0.500. The molecule has 0 fully saturated rings. The molecule has 0 saturated heterocycles. The Hall–Kier alpha value is -1.41. The molecule has 0 amide bonds. The highest BCUT2D eigenvalue weighted by molar-refractivity contribution is 5.85. The van der Waals surface area contributed by atoms with Crippen LogP contribution in [0.15, 0.2) is 36.7 Å². The number of pyridine rings is 1. The van der Waals surface area contributed by atoms with Crippen LogP contribution < -0.4 is 5.32 Å². The first-order valence-corrected chi connectivity index (χ1v) is 7.46. The van der Waals surface area contributed by atoms with Crippen LogP contribution in [0.3, 0.4) is 0 Å². The van der Waals surface area contributed by atoms with E-state index in [0.717, 1.165) is 6.54 Å². The van der Waals surface area contributed by atoms with Gasteiger partial charge < -0.3 is 5.32 Å². The average Bonchev–Trinajstić information content (AvgIpc) is 2.42. The van der Waals surface area contributed by atoms with Gasteiger partial charge in [0.15, 0.2) is 0 Å². The van der Waals surface area contributed by atoms with Crippen molar-refractivity contribution in [3.8, 4) is 0 Å². The molecule has 2 heteroatoms. The van der Waals surface area contributed by atoms with E-state index in [0.29, 0.717) is 11.8 Å². The molecule has 0 aliphatic carbocycles. The summed E-state index contributed by atoms with van der Waals surface area (Å²) < 4.78 is 0. The minimum atomic E-state index is 0.177. The average molecular weight is 270 g/mol. The van der Waals surface area contributed by atoms with Crippen LogP contribution in [-0.4, -0.2) is 17.1 Å². The second-order valence-corrected chi connectivity index (χ2v) is 6.84. The van der Waals surface area contributed by atoms with Gasteiger partial charge in [0, 0.05) is 23.3 Å². The summed E-state index contributed by atoms with van der Waals surface area (Å²) in [6.45, 7) is 12.3. The fourth-order valence-corrected chi connectivity index (χ4v) is 2.50. The molecular weight excluding hydrogens is 244 g/mol. The maximum absolute atomic E-state index is 4.21. The molecule has 2 rings (SSSR count). The van der Waals surface area contributed by atoms with E-state index in [2.05, 4.69) is 69.2 Å². The third-order valence-electron chi connectivity index (χ3n) is 4.01. The first-order valence-electron chi connectivity index (χ1n) is 7.46. The smallest absolute Gasteiger partial charge is 0.0346 e. The van der Waals surface area contributed by atoms with Crippen LogP contribution in [0, 0.1) is 5.92 Å². The highest BCUT2D eigenvalue weighted by atomic mass is 14.9. The second-order valence-electron chi connectivity index (χ2n) is 6.84. The number of nitrogens with one attached hydrogen (secondary N) is 1. The summed E-state index contributed by atoms with van der Waals surface area (Å²) in [7, 11) is 0. The highest BCUT2D eigenvalue weighted by Gasteiger charge is 2.18. The highest BCUT2D eigenvalue weighted by Crippen LogP contribution is 2.30. The van der Waals surface area contributed by atoms with E-state index < -0.39 is 0 Å². The van der Waals surface area contributed by atoms with E-state index in [-0.39, 0.29) is 5.54 Å². The van der Waals surface area contributed by atoms with Gasteiger partial charge in [-0.2, -0.15) is 0 Å². The van der Waals surface area contributed by atoms with Crippen LogP contribution in [0.2, 0.25) is 0 Å². The largest absolute Gasteiger partial charge is 0.312 e. The van der Waals surface area contributed by atoms with Crippen LogP contribution in [-0.2, 0) is 0 Å². The van der Waals surface area contributed by atoms with Crippen LogP contribution >= 0.6 is 0 Å². The van der Waals surface area contributed by atoms with Gasteiger partial charge in [0.25, 0.3) is 0 Å². The van der Waals surface area contributed by atoms with Crippen molar-refractivity contribution >= 4 is 10.8 Å². The number of hydrogen-bond donors (Lipinski definition) is 1. The van der Waals surface area contributed by atoms with Gasteiger partial charge in [-0.25, -0.2) is 0 Å². The lowest BCUT2D eigenvalue weighted by atomic mass is 9.86. The van der Waals surface area contributed by atoms with Crippen molar-refractivity contribution in [2.45, 2.75) is 46.1 Å². The lowest BCUT2D eigenvalue weighted by Crippen LogP contribution is -2.39. The lowest BCUT2D eigenvalue weighted by Gasteiger charge is -2.27. The Morgan fingerprint density at radius 3 is 2.60 bits per heavy atom. The van der Waals surface area contributed by atoms with Crippen molar-refractivity contribution < 1.29 is 0 Å². The molecule has 20 heavy (non-hydrogen) atoms. The van der Waals surface area contributed by atoms with E-state index in [9.17, 15) is 0 Å². The number of hydrogen-bond acceptors (Lipinski definition) is 2. The molecule has 1 aromatic heterocycles. The zero-order chi connectivity index (χ0) is 14.8. The molecule has 1 aromatic carbocycles. The molecule has 2 unspecified atom stereocenters. The zero-order valence-electron chi connectivity index (χ0n) is 13.3. The minimum absolute atomic E-state index is 0.177. The van der Waals surface area contributed by atoms with E-state index in [1.807, 2.05) is 12.4 Å². The van der Waals surface area contributed by atoms with E-state index in [4.69, 9.17) is 0 Å². The molecule has 1 N–H and O–H groups in total. The molecular formula is C18H26N2. The Bertz CT molecular complexity index is 564. The first-order chi connectivity index (χ1) is 9.38. The van der Waals surface area contributed by atoms with Gasteiger partial charge in [-0.1, -0.05) is 32.0 Å². The molecule has 0 radical (unpaired) electrons. The molecule has 0 aliphatic heterocycles. The van der Waals surface area contributed by atoms with E-state index in [1.54, 1.807) is 0 Å². The molecule has 2 nitrogen and oxygen atoms in total. The molecule has 0 aliphatic rings. The predicted molar refractivity (Wildman–Crippen MR) is 87.1 cm³/mol. The van der Waals surface area contributed by atoms with Gasteiger partial charge in [0.1, 0.15) is 0 Å². The number of aromatic nitrogens is 1. The normalized spacial score (nSPS) is 15.2. The Labute approximate surface area is 122 Å². The summed E-state index contributed by atoms with van der Waals surface area (Å²) in [5.41, 5.74) is 1.60. The molecule has 0 saturated carbocycles. The van der Waals surface area contributed by atoms with Gasteiger partial charge in [0.05, 0.1) is 0 Å². The number of nitrogens with zero attached hydrogens (tertiary/aromatic N) is 1. The van der Waals surface area contributed by atoms with Gasteiger partial charge in [-0.3, -0.25) is 4.98 Å². The van der Waals surface area contributed by atoms with Crippen LogP contribution in [0.25, 0.3) is 10.8 Å². The molecule has 1 heterocycles. The van der Waals surface area contributed by atoms with Crippen molar-refractivity contribution in [2.75, 3.05) is 6.54 Å². The van der Waals surface area contributed by atoms with E-state index >= 15 is 0 Å². The standard InChI is InChI=1S/C18H26N2/c1-13(11-20-18(3,4)5)14(2)16-8-6-7-15-12-19-10-9-17(15)16/h6-10,12-14,20H,11H2,1-5H3. The molecule has 108 valence electrons. The quantitative estimate of drug-likeness (QED) is 0.892. The Kier molecular flexibility index (Phi) is 4.44. The topological polar surface area (TPSA) is 24.9 Å². The van der Waals surface area contributed by atoms with Crippen LogP contribution in [0.4, 0.5) is 0 Å². The maximum Gasteiger partial charge on any atom is 0.0346 e. The third-order valence-corrected chi connectivity index (χ3v) is 4.01. The second kappa shape index (κ2) is 5.92. The van der Waals surface area contributed by atoms with Crippen molar-refractivity contribution in [3.63, 3.8) is 0 Å². The Balaban J connectivity index is 2.20. The van der Waals surface area contributed by atoms with Crippen molar-refractivity contribution in [1.29, 1.82) is 0 Å². The van der Waals surface area contributed by atoms with Gasteiger partial charge in [0.2, 0.25) is 0 Å². The number of benzene rings is 1. The minimum Gasteiger partial charge on any atom is -0.312 e. The van der Waals surface area contributed by atoms with Crippen LogP contribution in [0.5, 0.6) is 0 Å². The summed E-state index contributed by atoms with van der Waals surface area (Å²) >= 11 is 0. The molecule has 2 atom stereocenters.